The number of nitrogens with one attached hydrogen (secondary N) is 1. The van der Waals surface area contributed by atoms with Crippen molar-refractivity contribution < 1.29 is 19.6 Å². The first-order chi connectivity index (χ1) is 9.36. The molecule has 0 spiro atoms. The molecular weight excluding hydrogens is 264 g/mol. The smallest absolute Gasteiger partial charge is 0.337 e. The summed E-state index contributed by atoms with van der Waals surface area (Å²) in [6, 6.07) is 3.90. The van der Waals surface area contributed by atoms with Crippen molar-refractivity contribution in [3.63, 3.8) is 0 Å². The van der Waals surface area contributed by atoms with Crippen LogP contribution in [0, 0.1) is 16.0 Å². The van der Waals surface area contributed by atoms with Crippen molar-refractivity contribution in [2.45, 2.75) is 20.0 Å². The van der Waals surface area contributed by atoms with Crippen LogP contribution in [0.3, 0.4) is 0 Å². The van der Waals surface area contributed by atoms with E-state index in [2.05, 4.69) is 10.1 Å². The predicted octanol–water partition coefficient (Wildman–Crippen LogP) is 1.81. The molecule has 1 rings (SSSR count). The summed E-state index contributed by atoms with van der Waals surface area (Å²) in [5.74, 6) is -0.558. The van der Waals surface area contributed by atoms with Crippen LogP contribution in [0.1, 0.15) is 24.2 Å². The Balaban J connectivity index is 3.00. The quantitative estimate of drug-likeness (QED) is 0.468. The van der Waals surface area contributed by atoms with Gasteiger partial charge in [-0.1, -0.05) is 13.8 Å². The van der Waals surface area contributed by atoms with Gasteiger partial charge >= 0.3 is 5.97 Å². The van der Waals surface area contributed by atoms with Gasteiger partial charge < -0.3 is 15.2 Å². The number of rotatable bonds is 6. The molecule has 0 bridgehead atoms. The summed E-state index contributed by atoms with van der Waals surface area (Å²) in [6.07, 6.45) is -0.642. The van der Waals surface area contributed by atoms with Crippen molar-refractivity contribution in [2.24, 2.45) is 5.92 Å². The molecule has 20 heavy (non-hydrogen) atoms. The van der Waals surface area contributed by atoms with Gasteiger partial charge in [0.1, 0.15) is 5.69 Å². The maximum Gasteiger partial charge on any atom is 0.337 e. The van der Waals surface area contributed by atoms with Gasteiger partial charge in [-0.3, -0.25) is 10.1 Å². The monoisotopic (exact) mass is 282 g/mol. The topological polar surface area (TPSA) is 102 Å². The summed E-state index contributed by atoms with van der Waals surface area (Å²) in [4.78, 5) is 21.8. The summed E-state index contributed by atoms with van der Waals surface area (Å²) >= 11 is 0. The largest absolute Gasteiger partial charge is 0.465 e. The third kappa shape index (κ3) is 3.92. The number of hydrogen-bond acceptors (Lipinski definition) is 6. The molecule has 0 aromatic heterocycles. The minimum Gasteiger partial charge on any atom is -0.465 e. The molecule has 110 valence electrons. The molecule has 1 atom stereocenters. The average molecular weight is 282 g/mol. The molecule has 1 aromatic rings. The fraction of sp³-hybridized carbons (Fsp3) is 0.462. The van der Waals surface area contributed by atoms with Crippen LogP contribution in [-0.4, -0.2) is 35.8 Å². The molecule has 0 saturated carbocycles. The molecule has 7 heteroatoms. The standard InChI is InChI=1S/C13H18N2O5/c1-8(2)12(16)7-14-10-6-9(13(17)20-3)4-5-11(10)15(18)19/h4-6,8,12,14,16H,7H2,1-3H3. The number of carbonyl (C=O) groups is 1. The van der Waals surface area contributed by atoms with E-state index in [4.69, 9.17) is 0 Å². The molecule has 0 heterocycles. The Hall–Kier alpha value is -2.15. The number of carbonyl (C=O) groups excluding carboxylic acids is 1. The van der Waals surface area contributed by atoms with Crippen molar-refractivity contribution in [1.29, 1.82) is 0 Å². The second-order valence-electron chi connectivity index (χ2n) is 4.67. The molecule has 1 aromatic carbocycles. The third-order valence-corrected chi connectivity index (χ3v) is 2.89. The van der Waals surface area contributed by atoms with E-state index in [1.54, 1.807) is 0 Å². The van der Waals surface area contributed by atoms with Crippen LogP contribution in [0.15, 0.2) is 18.2 Å². The van der Waals surface area contributed by atoms with E-state index in [1.807, 2.05) is 13.8 Å². The lowest BCUT2D eigenvalue weighted by molar-refractivity contribution is -0.384. The Morgan fingerprint density at radius 2 is 2.15 bits per heavy atom. The Kier molecular flexibility index (Phi) is 5.45. The van der Waals surface area contributed by atoms with E-state index in [-0.39, 0.29) is 29.4 Å². The van der Waals surface area contributed by atoms with Crippen molar-refractivity contribution >= 4 is 17.3 Å². The summed E-state index contributed by atoms with van der Waals surface area (Å²) in [6.45, 7) is 3.83. The third-order valence-electron chi connectivity index (χ3n) is 2.89. The van der Waals surface area contributed by atoms with Crippen LogP contribution in [-0.2, 0) is 4.74 Å². The first-order valence-electron chi connectivity index (χ1n) is 6.15. The number of benzene rings is 1. The van der Waals surface area contributed by atoms with Crippen LogP contribution >= 0.6 is 0 Å². The van der Waals surface area contributed by atoms with E-state index in [1.165, 1.54) is 25.3 Å². The molecule has 2 N–H and O–H groups in total. The molecule has 0 aliphatic heterocycles. The van der Waals surface area contributed by atoms with E-state index in [0.717, 1.165) is 0 Å². The number of hydrogen-bond donors (Lipinski definition) is 2. The Bertz CT molecular complexity index is 502. The molecule has 0 fully saturated rings. The number of esters is 1. The van der Waals surface area contributed by atoms with Crippen molar-refractivity contribution in [3.05, 3.63) is 33.9 Å². The van der Waals surface area contributed by atoms with E-state index >= 15 is 0 Å². The minimum absolute atomic E-state index is 0.0188. The van der Waals surface area contributed by atoms with Crippen LogP contribution in [0.5, 0.6) is 0 Å². The van der Waals surface area contributed by atoms with Gasteiger partial charge in [-0.15, -0.1) is 0 Å². The molecule has 0 aliphatic carbocycles. The zero-order valence-electron chi connectivity index (χ0n) is 11.6. The molecule has 7 nitrogen and oxygen atoms in total. The highest BCUT2D eigenvalue weighted by molar-refractivity contribution is 5.91. The highest BCUT2D eigenvalue weighted by atomic mass is 16.6. The zero-order valence-corrected chi connectivity index (χ0v) is 11.6. The summed E-state index contributed by atoms with van der Waals surface area (Å²) in [7, 11) is 1.24. The summed E-state index contributed by atoms with van der Waals surface area (Å²) in [5.41, 5.74) is 0.228. The number of aliphatic hydroxyl groups is 1. The van der Waals surface area contributed by atoms with Crippen LogP contribution in [0.25, 0.3) is 0 Å². The number of nitro groups is 1. The van der Waals surface area contributed by atoms with Crippen molar-refractivity contribution in [3.8, 4) is 0 Å². The lowest BCUT2D eigenvalue weighted by Crippen LogP contribution is -2.25. The Morgan fingerprint density at radius 1 is 1.50 bits per heavy atom. The fourth-order valence-electron chi connectivity index (χ4n) is 1.53. The normalized spacial score (nSPS) is 12.1. The minimum atomic E-state index is -0.642. The van der Waals surface area contributed by atoms with Gasteiger partial charge in [-0.05, 0) is 18.1 Å². The highest BCUT2D eigenvalue weighted by Gasteiger charge is 2.18. The summed E-state index contributed by atoms with van der Waals surface area (Å²) in [5, 5.41) is 23.5. The first kappa shape index (κ1) is 15.9. The number of nitro benzene ring substituents is 1. The van der Waals surface area contributed by atoms with Gasteiger partial charge in [-0.25, -0.2) is 4.79 Å². The SMILES string of the molecule is COC(=O)c1ccc([N+](=O)[O-])c(NCC(O)C(C)C)c1. The van der Waals surface area contributed by atoms with Crippen molar-refractivity contribution in [1.82, 2.24) is 0 Å². The number of methoxy groups -OCH3 is 1. The number of ether oxygens (including phenoxy) is 1. The molecule has 0 saturated heterocycles. The van der Waals surface area contributed by atoms with E-state index in [9.17, 15) is 20.0 Å². The van der Waals surface area contributed by atoms with Gasteiger partial charge in [0.05, 0.1) is 23.7 Å². The van der Waals surface area contributed by atoms with Gasteiger partial charge in [0.2, 0.25) is 0 Å². The predicted molar refractivity (Wildman–Crippen MR) is 73.8 cm³/mol. The van der Waals surface area contributed by atoms with Crippen LogP contribution in [0.2, 0.25) is 0 Å². The lowest BCUT2D eigenvalue weighted by Gasteiger charge is -2.16. The van der Waals surface area contributed by atoms with Gasteiger partial charge in [0.15, 0.2) is 0 Å². The second kappa shape index (κ2) is 6.85. The van der Waals surface area contributed by atoms with E-state index in [0.29, 0.717) is 0 Å². The number of aliphatic hydroxyl groups excluding tert-OH is 1. The number of nitrogens with zero attached hydrogens (tertiary/aromatic N) is 1. The number of anilines is 1. The highest BCUT2D eigenvalue weighted by Crippen LogP contribution is 2.26. The Morgan fingerprint density at radius 3 is 2.65 bits per heavy atom. The molecule has 0 aliphatic rings. The van der Waals surface area contributed by atoms with Crippen molar-refractivity contribution in [2.75, 3.05) is 19.0 Å². The van der Waals surface area contributed by atoms with E-state index < -0.39 is 17.0 Å². The first-order valence-corrected chi connectivity index (χ1v) is 6.15. The Labute approximate surface area is 116 Å². The maximum absolute atomic E-state index is 11.4. The molecule has 0 amide bonds. The average Bonchev–Trinajstić information content (AvgIpc) is 2.43. The molecular formula is C13H18N2O5. The maximum atomic E-state index is 11.4. The lowest BCUT2D eigenvalue weighted by atomic mass is 10.1. The van der Waals surface area contributed by atoms with Crippen LogP contribution < -0.4 is 5.32 Å². The van der Waals surface area contributed by atoms with Gasteiger partial charge in [0, 0.05) is 12.6 Å². The molecule has 1 unspecified atom stereocenters. The fourth-order valence-corrected chi connectivity index (χ4v) is 1.53. The molecule has 0 radical (unpaired) electrons. The van der Waals surface area contributed by atoms with Gasteiger partial charge in [0.25, 0.3) is 5.69 Å². The summed E-state index contributed by atoms with van der Waals surface area (Å²) < 4.78 is 4.57. The van der Waals surface area contributed by atoms with Crippen LogP contribution in [0.4, 0.5) is 11.4 Å². The zero-order chi connectivity index (χ0) is 15.3. The second-order valence-corrected chi connectivity index (χ2v) is 4.67. The van der Waals surface area contributed by atoms with Gasteiger partial charge in [-0.2, -0.15) is 0 Å².